The molecular weight excluding hydrogens is 302 g/mol. The lowest BCUT2D eigenvalue weighted by Crippen LogP contribution is -1.88. The van der Waals surface area contributed by atoms with Crippen LogP contribution in [0.25, 0.3) is 33.4 Å². The van der Waals surface area contributed by atoms with Crippen LogP contribution >= 0.6 is 0 Å². The molecule has 2 N–H and O–H groups in total. The number of hydrogen-bond donors (Lipinski definition) is 1. The molecule has 120 valence electrons. The number of nitrogen functional groups attached to an aromatic ring is 1. The Morgan fingerprint density at radius 3 is 1.68 bits per heavy atom. The van der Waals surface area contributed by atoms with E-state index in [1.165, 1.54) is 33.4 Å². The first kappa shape index (κ1) is 15.2. The Morgan fingerprint density at radius 1 is 0.400 bits per heavy atom. The Balaban J connectivity index is 1.82. The molecule has 0 saturated heterocycles. The molecule has 0 unspecified atom stereocenters. The average molecular weight is 321 g/mol. The fraction of sp³-hybridized carbons (Fsp3) is 0. The molecule has 0 aliphatic rings. The van der Waals surface area contributed by atoms with Crippen molar-refractivity contribution in [1.82, 2.24) is 0 Å². The van der Waals surface area contributed by atoms with Crippen LogP contribution in [-0.2, 0) is 0 Å². The number of hydrogen-bond acceptors (Lipinski definition) is 1. The summed E-state index contributed by atoms with van der Waals surface area (Å²) < 4.78 is 0. The van der Waals surface area contributed by atoms with E-state index in [1.54, 1.807) is 0 Å². The predicted octanol–water partition coefficient (Wildman–Crippen LogP) is 6.27. The van der Waals surface area contributed by atoms with Crippen molar-refractivity contribution in [2.24, 2.45) is 0 Å². The predicted molar refractivity (Wildman–Crippen MR) is 107 cm³/mol. The van der Waals surface area contributed by atoms with Crippen molar-refractivity contribution in [3.63, 3.8) is 0 Å². The normalized spacial score (nSPS) is 10.6. The van der Waals surface area contributed by atoms with Crippen molar-refractivity contribution in [3.05, 3.63) is 103 Å². The van der Waals surface area contributed by atoms with Crippen molar-refractivity contribution >= 4 is 5.69 Å². The molecule has 0 atom stereocenters. The summed E-state index contributed by atoms with van der Waals surface area (Å²) in [4.78, 5) is 0. The first-order chi connectivity index (χ1) is 12.3. The first-order valence-corrected chi connectivity index (χ1v) is 8.42. The molecule has 0 aromatic heterocycles. The van der Waals surface area contributed by atoms with E-state index < -0.39 is 0 Å². The lowest BCUT2D eigenvalue weighted by atomic mass is 9.92. The molecule has 0 amide bonds. The van der Waals surface area contributed by atoms with Crippen LogP contribution in [-0.4, -0.2) is 0 Å². The van der Waals surface area contributed by atoms with Gasteiger partial charge in [-0.15, -0.1) is 0 Å². The van der Waals surface area contributed by atoms with Gasteiger partial charge in [-0.2, -0.15) is 0 Å². The molecule has 4 aromatic rings. The van der Waals surface area contributed by atoms with Gasteiger partial charge >= 0.3 is 0 Å². The maximum Gasteiger partial charge on any atom is 0.0314 e. The summed E-state index contributed by atoms with van der Waals surface area (Å²) >= 11 is 0. The molecule has 25 heavy (non-hydrogen) atoms. The highest BCUT2D eigenvalue weighted by Gasteiger charge is 2.08. The highest BCUT2D eigenvalue weighted by atomic mass is 14.5. The van der Waals surface area contributed by atoms with Gasteiger partial charge in [-0.1, -0.05) is 84.9 Å². The number of rotatable bonds is 3. The van der Waals surface area contributed by atoms with Gasteiger partial charge in [-0.3, -0.25) is 0 Å². The summed E-state index contributed by atoms with van der Waals surface area (Å²) in [6.45, 7) is 0. The summed E-state index contributed by atoms with van der Waals surface area (Å²) in [6.07, 6.45) is 0. The van der Waals surface area contributed by atoms with E-state index in [0.717, 1.165) is 5.69 Å². The van der Waals surface area contributed by atoms with Gasteiger partial charge in [-0.25, -0.2) is 0 Å². The second kappa shape index (κ2) is 6.66. The quantitative estimate of drug-likeness (QED) is 0.442. The maximum atomic E-state index is 5.84. The molecule has 4 rings (SSSR count). The zero-order valence-electron chi connectivity index (χ0n) is 13.9. The minimum absolute atomic E-state index is 0.785. The van der Waals surface area contributed by atoms with E-state index >= 15 is 0 Å². The monoisotopic (exact) mass is 321 g/mol. The van der Waals surface area contributed by atoms with E-state index in [1.807, 2.05) is 18.2 Å². The fourth-order valence-corrected chi connectivity index (χ4v) is 3.15. The van der Waals surface area contributed by atoms with Gasteiger partial charge in [0.2, 0.25) is 0 Å². The summed E-state index contributed by atoms with van der Waals surface area (Å²) in [5, 5.41) is 0. The van der Waals surface area contributed by atoms with Crippen LogP contribution < -0.4 is 5.73 Å². The van der Waals surface area contributed by atoms with Gasteiger partial charge in [0, 0.05) is 5.69 Å². The number of anilines is 1. The van der Waals surface area contributed by atoms with E-state index in [2.05, 4.69) is 84.9 Å². The van der Waals surface area contributed by atoms with Crippen molar-refractivity contribution in [2.75, 3.05) is 5.73 Å². The van der Waals surface area contributed by atoms with E-state index in [4.69, 9.17) is 5.73 Å². The molecule has 0 aliphatic heterocycles. The van der Waals surface area contributed by atoms with Crippen LogP contribution in [0.4, 0.5) is 5.69 Å². The SMILES string of the molecule is Nc1ccc(-c2ccccc2-c2cccc(-c3ccccc3)c2)cc1. The van der Waals surface area contributed by atoms with Crippen LogP contribution in [0.1, 0.15) is 0 Å². The van der Waals surface area contributed by atoms with Crippen LogP contribution in [0.5, 0.6) is 0 Å². The zero-order valence-corrected chi connectivity index (χ0v) is 13.9. The molecule has 0 heterocycles. The van der Waals surface area contributed by atoms with Gasteiger partial charge < -0.3 is 5.73 Å². The summed E-state index contributed by atoms with van der Waals surface area (Å²) in [5.41, 5.74) is 13.9. The molecular formula is C24H19N. The highest BCUT2D eigenvalue weighted by Crippen LogP contribution is 2.34. The third-order valence-electron chi connectivity index (χ3n) is 4.43. The Morgan fingerprint density at radius 2 is 0.960 bits per heavy atom. The Bertz CT molecular complexity index is 986. The molecule has 0 radical (unpaired) electrons. The van der Waals surface area contributed by atoms with Gasteiger partial charge in [0.15, 0.2) is 0 Å². The smallest absolute Gasteiger partial charge is 0.0314 e. The van der Waals surface area contributed by atoms with Crippen LogP contribution in [0, 0.1) is 0 Å². The summed E-state index contributed by atoms with van der Waals surface area (Å²) in [5.74, 6) is 0. The van der Waals surface area contributed by atoms with Gasteiger partial charge in [0.1, 0.15) is 0 Å². The van der Waals surface area contributed by atoms with Gasteiger partial charge in [-0.05, 0) is 51.6 Å². The standard InChI is InChI=1S/C24H19N/c25-22-15-13-19(14-16-22)23-11-4-5-12-24(23)21-10-6-9-20(17-21)18-7-2-1-3-8-18/h1-17H,25H2. The van der Waals surface area contributed by atoms with Crippen LogP contribution in [0.3, 0.4) is 0 Å². The second-order valence-electron chi connectivity index (χ2n) is 6.11. The fourth-order valence-electron chi connectivity index (χ4n) is 3.15. The van der Waals surface area contributed by atoms with E-state index in [-0.39, 0.29) is 0 Å². The van der Waals surface area contributed by atoms with Crippen molar-refractivity contribution in [1.29, 1.82) is 0 Å². The molecule has 0 spiro atoms. The molecule has 0 fully saturated rings. The van der Waals surface area contributed by atoms with Crippen LogP contribution in [0.15, 0.2) is 103 Å². The Labute approximate surface area is 148 Å². The Kier molecular flexibility index (Phi) is 4.05. The topological polar surface area (TPSA) is 26.0 Å². The highest BCUT2D eigenvalue weighted by molar-refractivity contribution is 5.85. The number of nitrogens with two attached hydrogens (primary N) is 1. The van der Waals surface area contributed by atoms with Crippen LogP contribution in [0.2, 0.25) is 0 Å². The van der Waals surface area contributed by atoms with Gasteiger partial charge in [0.05, 0.1) is 0 Å². The number of benzene rings is 4. The third kappa shape index (κ3) is 3.17. The average Bonchev–Trinajstić information content (AvgIpc) is 2.69. The minimum Gasteiger partial charge on any atom is -0.399 e. The lowest BCUT2D eigenvalue weighted by Gasteiger charge is -2.12. The molecule has 0 aliphatic carbocycles. The lowest BCUT2D eigenvalue weighted by molar-refractivity contribution is 1.57. The van der Waals surface area contributed by atoms with Crippen molar-refractivity contribution < 1.29 is 0 Å². The van der Waals surface area contributed by atoms with E-state index in [0.29, 0.717) is 0 Å². The molecule has 1 heteroatoms. The van der Waals surface area contributed by atoms with Gasteiger partial charge in [0.25, 0.3) is 0 Å². The largest absolute Gasteiger partial charge is 0.399 e. The first-order valence-electron chi connectivity index (χ1n) is 8.42. The minimum atomic E-state index is 0.785. The Hall–Kier alpha value is -3.32. The summed E-state index contributed by atoms with van der Waals surface area (Å²) in [6, 6.07) is 35.8. The van der Waals surface area contributed by atoms with Crippen molar-refractivity contribution in [2.45, 2.75) is 0 Å². The van der Waals surface area contributed by atoms with Crippen molar-refractivity contribution in [3.8, 4) is 33.4 Å². The van der Waals surface area contributed by atoms with E-state index in [9.17, 15) is 0 Å². The zero-order chi connectivity index (χ0) is 17.1. The maximum absolute atomic E-state index is 5.84. The molecule has 0 saturated carbocycles. The second-order valence-corrected chi connectivity index (χ2v) is 6.11. The third-order valence-corrected chi connectivity index (χ3v) is 4.43. The molecule has 1 nitrogen and oxygen atoms in total. The molecule has 4 aromatic carbocycles. The molecule has 0 bridgehead atoms. The summed E-state index contributed by atoms with van der Waals surface area (Å²) in [7, 11) is 0.